The number of hydrogen-bond donors (Lipinski definition) is 1. The molecule has 4 nitrogen and oxygen atoms in total. The van der Waals surface area contributed by atoms with Crippen LogP contribution in [0.15, 0.2) is 14.1 Å². The topological polar surface area (TPSA) is 49.4 Å². The largest absolute Gasteiger partial charge is 0.314 e. The van der Waals surface area contributed by atoms with E-state index in [-0.39, 0.29) is 0 Å². The molecule has 3 rings (SSSR count). The monoisotopic (exact) mass is 412 g/mol. The number of halogens is 2. The number of nitrogens with zero attached hydrogens (tertiary/aromatic N) is 1. The summed E-state index contributed by atoms with van der Waals surface area (Å²) in [5.74, 6) is 0.410. The third-order valence-electron chi connectivity index (χ3n) is 3.97. The van der Waals surface area contributed by atoms with E-state index in [0.717, 1.165) is 19.4 Å². The molecule has 1 unspecified atom stereocenters. The molecule has 1 aromatic rings. The van der Waals surface area contributed by atoms with Crippen molar-refractivity contribution in [1.82, 2.24) is 9.62 Å². The fraction of sp³-hybridized carbons (Fsp3) is 0.692. The van der Waals surface area contributed by atoms with Crippen molar-refractivity contribution in [2.45, 2.75) is 35.9 Å². The second-order valence-corrected chi connectivity index (χ2v) is 10.7. The molecule has 21 heavy (non-hydrogen) atoms. The summed E-state index contributed by atoms with van der Waals surface area (Å²) >= 11 is 10.4. The Morgan fingerprint density at radius 1 is 1.43 bits per heavy atom. The minimum absolute atomic E-state index is 0.329. The summed E-state index contributed by atoms with van der Waals surface area (Å²) in [5, 5.41) is 3.96. The van der Waals surface area contributed by atoms with Gasteiger partial charge in [-0.25, -0.2) is 8.42 Å². The molecule has 1 aliphatic heterocycles. The summed E-state index contributed by atoms with van der Waals surface area (Å²) in [4.78, 5) is 0. The second-order valence-electron chi connectivity index (χ2n) is 5.74. The molecule has 0 bridgehead atoms. The average molecular weight is 414 g/mol. The molecule has 8 heteroatoms. The lowest BCUT2D eigenvalue weighted by atomic mass is 10.00. The molecule has 2 aliphatic rings. The molecule has 2 heterocycles. The lowest BCUT2D eigenvalue weighted by molar-refractivity contribution is 0.260. The average Bonchev–Trinajstić information content (AvgIpc) is 3.23. The quantitative estimate of drug-likeness (QED) is 0.805. The zero-order valence-corrected chi connectivity index (χ0v) is 15.5. The maximum absolute atomic E-state index is 12.7. The van der Waals surface area contributed by atoms with Crippen LogP contribution >= 0.6 is 38.9 Å². The highest BCUT2D eigenvalue weighted by Crippen LogP contribution is 2.36. The third-order valence-corrected chi connectivity index (χ3v) is 8.76. The fourth-order valence-corrected chi connectivity index (χ4v) is 6.72. The van der Waals surface area contributed by atoms with Crippen LogP contribution < -0.4 is 5.32 Å². The van der Waals surface area contributed by atoms with Gasteiger partial charge in [-0.15, -0.1) is 11.3 Å². The van der Waals surface area contributed by atoms with Crippen LogP contribution in [0.4, 0.5) is 0 Å². The van der Waals surface area contributed by atoms with E-state index in [2.05, 4.69) is 21.2 Å². The van der Waals surface area contributed by atoms with Gasteiger partial charge in [-0.05, 0) is 60.1 Å². The predicted octanol–water partition coefficient (Wildman–Crippen LogP) is 3.32. The van der Waals surface area contributed by atoms with Gasteiger partial charge in [0.05, 0.1) is 8.81 Å². The number of hydrogen-bond acceptors (Lipinski definition) is 4. The van der Waals surface area contributed by atoms with Crippen LogP contribution in [0.3, 0.4) is 0 Å². The van der Waals surface area contributed by atoms with E-state index in [9.17, 15) is 8.42 Å². The van der Waals surface area contributed by atoms with Crippen LogP contribution in [0.5, 0.6) is 0 Å². The SMILES string of the molecule is O=S(=O)(c1cc(Cl)c(Br)s1)N1CCCC(CNC2CC2)C1. The Labute approximate surface area is 143 Å². The molecule has 0 radical (unpaired) electrons. The zero-order chi connectivity index (χ0) is 15.0. The second kappa shape index (κ2) is 6.45. The number of sulfonamides is 1. The first kappa shape index (κ1) is 16.2. The molecule has 118 valence electrons. The van der Waals surface area contributed by atoms with Crippen LogP contribution in [0, 0.1) is 5.92 Å². The van der Waals surface area contributed by atoms with Crippen molar-refractivity contribution in [1.29, 1.82) is 0 Å². The standard InChI is InChI=1S/C13H18BrClN2O2S2/c14-13-11(15)6-12(20-13)21(18,19)17-5-1-2-9(8-17)7-16-10-3-4-10/h6,9-10,16H,1-5,7-8H2. The van der Waals surface area contributed by atoms with Gasteiger partial charge in [0.1, 0.15) is 4.21 Å². The maximum atomic E-state index is 12.7. The summed E-state index contributed by atoms with van der Waals surface area (Å²) in [6.45, 7) is 2.14. The normalized spacial score (nSPS) is 24.4. The van der Waals surface area contributed by atoms with E-state index in [1.165, 1.54) is 30.2 Å². The van der Waals surface area contributed by atoms with Crippen molar-refractivity contribution in [3.63, 3.8) is 0 Å². The molecule has 1 saturated heterocycles. The molecule has 1 aliphatic carbocycles. The van der Waals surface area contributed by atoms with Crippen molar-refractivity contribution < 1.29 is 8.42 Å². The first-order valence-electron chi connectivity index (χ1n) is 7.15. The highest BCUT2D eigenvalue weighted by Gasteiger charge is 2.32. The first-order valence-corrected chi connectivity index (χ1v) is 10.6. The zero-order valence-electron chi connectivity index (χ0n) is 11.5. The lowest BCUT2D eigenvalue weighted by Gasteiger charge is -2.31. The van der Waals surface area contributed by atoms with Gasteiger partial charge in [0.15, 0.2) is 0 Å². The van der Waals surface area contributed by atoms with E-state index in [1.54, 1.807) is 4.31 Å². The lowest BCUT2D eigenvalue weighted by Crippen LogP contribution is -2.42. The Morgan fingerprint density at radius 3 is 2.81 bits per heavy atom. The highest BCUT2D eigenvalue weighted by atomic mass is 79.9. The van der Waals surface area contributed by atoms with Crippen LogP contribution in [-0.2, 0) is 10.0 Å². The first-order chi connectivity index (χ1) is 9.96. The van der Waals surface area contributed by atoms with E-state index in [1.807, 2.05) is 0 Å². The van der Waals surface area contributed by atoms with Crippen molar-refractivity contribution in [2.24, 2.45) is 5.92 Å². The molecular formula is C13H18BrClN2O2S2. The summed E-state index contributed by atoms with van der Waals surface area (Å²) in [6, 6.07) is 2.21. The summed E-state index contributed by atoms with van der Waals surface area (Å²) in [7, 11) is -3.41. The molecular weight excluding hydrogens is 396 g/mol. The van der Waals surface area contributed by atoms with Crippen molar-refractivity contribution >= 4 is 48.9 Å². The van der Waals surface area contributed by atoms with Crippen LogP contribution in [0.2, 0.25) is 5.02 Å². The van der Waals surface area contributed by atoms with E-state index in [0.29, 0.717) is 38.1 Å². The van der Waals surface area contributed by atoms with Crippen molar-refractivity contribution in [3.8, 4) is 0 Å². The van der Waals surface area contributed by atoms with Crippen molar-refractivity contribution in [2.75, 3.05) is 19.6 Å². The number of rotatable bonds is 5. The number of piperidine rings is 1. The van der Waals surface area contributed by atoms with Gasteiger partial charge < -0.3 is 5.32 Å². The van der Waals surface area contributed by atoms with Gasteiger partial charge in [-0.2, -0.15) is 4.31 Å². The molecule has 1 aromatic heterocycles. The maximum Gasteiger partial charge on any atom is 0.252 e. The Bertz CT molecular complexity index is 596. The number of thiophene rings is 1. The van der Waals surface area contributed by atoms with Crippen LogP contribution in [0.1, 0.15) is 25.7 Å². The van der Waals surface area contributed by atoms with E-state index < -0.39 is 10.0 Å². The molecule has 0 amide bonds. The molecule has 0 spiro atoms. The van der Waals surface area contributed by atoms with Crippen LogP contribution in [-0.4, -0.2) is 38.4 Å². The minimum Gasteiger partial charge on any atom is -0.314 e. The van der Waals surface area contributed by atoms with Gasteiger partial charge in [0.25, 0.3) is 10.0 Å². The van der Waals surface area contributed by atoms with Gasteiger partial charge in [0.2, 0.25) is 0 Å². The Hall–Kier alpha value is 0.340. The fourth-order valence-electron chi connectivity index (χ4n) is 2.61. The van der Waals surface area contributed by atoms with Gasteiger partial charge in [0, 0.05) is 19.1 Å². The Balaban J connectivity index is 1.68. The molecule has 1 atom stereocenters. The smallest absolute Gasteiger partial charge is 0.252 e. The summed E-state index contributed by atoms with van der Waals surface area (Å²) < 4.78 is 28.0. The molecule has 1 N–H and O–H groups in total. The van der Waals surface area contributed by atoms with Crippen LogP contribution in [0.25, 0.3) is 0 Å². The van der Waals surface area contributed by atoms with Gasteiger partial charge in [-0.1, -0.05) is 11.6 Å². The Kier molecular flexibility index (Phi) is 4.98. The number of nitrogens with one attached hydrogen (secondary N) is 1. The summed E-state index contributed by atoms with van der Waals surface area (Å²) in [5.41, 5.74) is 0. The molecule has 2 fully saturated rings. The molecule has 0 aromatic carbocycles. The van der Waals surface area contributed by atoms with Gasteiger partial charge in [-0.3, -0.25) is 0 Å². The summed E-state index contributed by atoms with van der Waals surface area (Å²) in [6.07, 6.45) is 4.55. The van der Waals surface area contributed by atoms with Crippen molar-refractivity contribution in [3.05, 3.63) is 14.9 Å². The predicted molar refractivity (Wildman–Crippen MR) is 89.5 cm³/mol. The third kappa shape index (κ3) is 3.82. The van der Waals surface area contributed by atoms with E-state index >= 15 is 0 Å². The van der Waals surface area contributed by atoms with Gasteiger partial charge >= 0.3 is 0 Å². The molecule has 1 saturated carbocycles. The Morgan fingerprint density at radius 2 is 2.19 bits per heavy atom. The minimum atomic E-state index is -3.41. The highest BCUT2D eigenvalue weighted by molar-refractivity contribution is 9.11. The van der Waals surface area contributed by atoms with E-state index in [4.69, 9.17) is 11.6 Å².